The van der Waals surface area contributed by atoms with Crippen LogP contribution in [0.15, 0.2) is 24.3 Å². The first-order valence-corrected chi connectivity index (χ1v) is 6.36. The van der Waals surface area contributed by atoms with Crippen molar-refractivity contribution in [2.75, 3.05) is 11.9 Å². The molecule has 0 fully saturated rings. The Morgan fingerprint density at radius 1 is 1.37 bits per heavy atom. The summed E-state index contributed by atoms with van der Waals surface area (Å²) in [4.78, 5) is 22.8. The Balaban J connectivity index is 2.44. The molecule has 5 nitrogen and oxygen atoms in total. The van der Waals surface area contributed by atoms with Crippen molar-refractivity contribution in [2.45, 2.75) is 32.8 Å². The number of hydrogen-bond donors (Lipinski definition) is 3. The number of anilines is 1. The number of aliphatic hydroxyl groups is 1. The average Bonchev–Trinajstić information content (AvgIpc) is 2.38. The maximum Gasteiger partial charge on any atom is 0.319 e. The number of urea groups is 1. The van der Waals surface area contributed by atoms with Crippen LogP contribution >= 0.6 is 0 Å². The summed E-state index contributed by atoms with van der Waals surface area (Å²) in [5.74, 6) is -0.0462. The summed E-state index contributed by atoms with van der Waals surface area (Å²) in [6.45, 7) is 3.77. The van der Waals surface area contributed by atoms with Gasteiger partial charge in [0, 0.05) is 17.8 Å². The van der Waals surface area contributed by atoms with Crippen LogP contribution in [-0.4, -0.2) is 29.6 Å². The van der Waals surface area contributed by atoms with Crippen LogP contribution in [0.4, 0.5) is 10.5 Å². The quantitative estimate of drug-likeness (QED) is 0.689. The smallest absolute Gasteiger partial charge is 0.319 e. The molecule has 1 aromatic rings. The summed E-state index contributed by atoms with van der Waals surface area (Å²) in [6, 6.07) is 6.41. The van der Waals surface area contributed by atoms with E-state index >= 15 is 0 Å². The van der Waals surface area contributed by atoms with Crippen molar-refractivity contribution in [3.8, 4) is 0 Å². The maximum atomic E-state index is 11.6. The summed E-state index contributed by atoms with van der Waals surface area (Å²) in [7, 11) is 0. The molecule has 19 heavy (non-hydrogen) atoms. The van der Waals surface area contributed by atoms with E-state index in [0.29, 0.717) is 30.6 Å². The van der Waals surface area contributed by atoms with Gasteiger partial charge in [0.25, 0.3) is 0 Å². The van der Waals surface area contributed by atoms with Crippen molar-refractivity contribution < 1.29 is 14.7 Å². The second kappa shape index (κ2) is 7.53. The van der Waals surface area contributed by atoms with Crippen LogP contribution in [0.2, 0.25) is 0 Å². The van der Waals surface area contributed by atoms with Gasteiger partial charge in [-0.15, -0.1) is 0 Å². The van der Waals surface area contributed by atoms with E-state index in [-0.39, 0.29) is 17.9 Å². The van der Waals surface area contributed by atoms with E-state index in [1.807, 2.05) is 6.92 Å². The van der Waals surface area contributed by atoms with Gasteiger partial charge >= 0.3 is 6.03 Å². The zero-order valence-electron chi connectivity index (χ0n) is 11.3. The number of aliphatic hydroxyl groups excluding tert-OH is 1. The van der Waals surface area contributed by atoms with E-state index in [4.69, 9.17) is 0 Å². The summed E-state index contributed by atoms with van der Waals surface area (Å²) in [6.07, 6.45) is 0.808. The van der Waals surface area contributed by atoms with E-state index in [1.54, 1.807) is 24.3 Å². The molecule has 0 radical (unpaired) electrons. The van der Waals surface area contributed by atoms with Crippen molar-refractivity contribution in [3.05, 3.63) is 29.8 Å². The monoisotopic (exact) mass is 264 g/mol. The molecule has 1 unspecified atom stereocenters. The number of ketones is 1. The van der Waals surface area contributed by atoms with Crippen LogP contribution in [0, 0.1) is 0 Å². The second-order valence-corrected chi connectivity index (χ2v) is 4.37. The first-order chi connectivity index (χ1) is 9.02. The summed E-state index contributed by atoms with van der Waals surface area (Å²) in [5, 5.41) is 14.6. The van der Waals surface area contributed by atoms with Gasteiger partial charge in [0.2, 0.25) is 0 Å². The van der Waals surface area contributed by atoms with E-state index in [0.717, 1.165) is 0 Å². The van der Waals surface area contributed by atoms with Gasteiger partial charge in [-0.25, -0.2) is 4.79 Å². The van der Waals surface area contributed by atoms with E-state index in [9.17, 15) is 14.7 Å². The topological polar surface area (TPSA) is 78.4 Å². The van der Waals surface area contributed by atoms with Gasteiger partial charge in [0.05, 0.1) is 6.10 Å². The largest absolute Gasteiger partial charge is 0.393 e. The standard InChI is InChI=1S/C14H20N2O3/c1-3-13(18)7-8-15-14(19)16-12-6-4-5-11(9-12)10(2)17/h4-6,9,13,18H,3,7-8H2,1-2H3,(H2,15,16,19). The lowest BCUT2D eigenvalue weighted by molar-refractivity contribution is 0.101. The van der Waals surface area contributed by atoms with E-state index in [2.05, 4.69) is 10.6 Å². The fourth-order valence-electron chi connectivity index (χ4n) is 1.55. The summed E-state index contributed by atoms with van der Waals surface area (Å²) >= 11 is 0. The molecule has 2 amide bonds. The molecular weight excluding hydrogens is 244 g/mol. The molecule has 0 aromatic heterocycles. The lowest BCUT2D eigenvalue weighted by atomic mass is 10.1. The molecule has 0 aliphatic carbocycles. The van der Waals surface area contributed by atoms with E-state index < -0.39 is 0 Å². The lowest BCUT2D eigenvalue weighted by Crippen LogP contribution is -2.31. The molecule has 1 atom stereocenters. The minimum Gasteiger partial charge on any atom is -0.393 e. The van der Waals surface area contributed by atoms with Gasteiger partial charge in [0.15, 0.2) is 5.78 Å². The Hall–Kier alpha value is -1.88. The predicted octanol–water partition coefficient (Wildman–Crippen LogP) is 2.17. The number of hydrogen-bond acceptors (Lipinski definition) is 3. The number of carbonyl (C=O) groups excluding carboxylic acids is 2. The number of nitrogens with one attached hydrogen (secondary N) is 2. The highest BCUT2D eigenvalue weighted by molar-refractivity contribution is 5.96. The highest BCUT2D eigenvalue weighted by Gasteiger charge is 2.05. The number of rotatable bonds is 6. The molecule has 5 heteroatoms. The first-order valence-electron chi connectivity index (χ1n) is 6.36. The molecule has 1 aromatic carbocycles. The van der Waals surface area contributed by atoms with Gasteiger partial charge < -0.3 is 15.7 Å². The Morgan fingerprint density at radius 3 is 2.74 bits per heavy atom. The molecular formula is C14H20N2O3. The Labute approximate surface area is 113 Å². The van der Waals surface area contributed by atoms with Crippen molar-refractivity contribution in [2.24, 2.45) is 0 Å². The van der Waals surface area contributed by atoms with Gasteiger partial charge in [-0.1, -0.05) is 19.1 Å². The molecule has 0 aliphatic rings. The maximum absolute atomic E-state index is 11.6. The van der Waals surface area contributed by atoms with Crippen LogP contribution < -0.4 is 10.6 Å². The SMILES string of the molecule is CCC(O)CCNC(=O)Nc1cccc(C(C)=O)c1. The molecule has 0 saturated heterocycles. The Bertz CT molecular complexity index is 446. The van der Waals surface area contributed by atoms with Crippen LogP contribution in [0.1, 0.15) is 37.0 Å². The Kier molecular flexibility index (Phi) is 6.02. The van der Waals surface area contributed by atoms with Gasteiger partial charge in [0.1, 0.15) is 0 Å². The third kappa shape index (κ3) is 5.52. The minimum absolute atomic E-state index is 0.0462. The fourth-order valence-corrected chi connectivity index (χ4v) is 1.55. The molecule has 0 spiro atoms. The predicted molar refractivity (Wildman–Crippen MR) is 74.4 cm³/mol. The molecule has 0 bridgehead atoms. The van der Waals surface area contributed by atoms with Crippen LogP contribution in [0.25, 0.3) is 0 Å². The van der Waals surface area contributed by atoms with Gasteiger partial charge in [-0.2, -0.15) is 0 Å². The zero-order valence-corrected chi connectivity index (χ0v) is 11.3. The third-order valence-corrected chi connectivity index (χ3v) is 2.76. The van der Waals surface area contributed by atoms with Gasteiger partial charge in [-0.05, 0) is 31.9 Å². The molecule has 1 rings (SSSR count). The second-order valence-electron chi connectivity index (χ2n) is 4.37. The third-order valence-electron chi connectivity index (χ3n) is 2.76. The van der Waals surface area contributed by atoms with Crippen LogP contribution in [0.5, 0.6) is 0 Å². The number of Topliss-reactive ketones (excluding diaryl/α,β-unsaturated/α-hetero) is 1. The van der Waals surface area contributed by atoms with Crippen LogP contribution in [0.3, 0.4) is 0 Å². The molecule has 3 N–H and O–H groups in total. The lowest BCUT2D eigenvalue weighted by Gasteiger charge is -2.10. The van der Waals surface area contributed by atoms with E-state index in [1.165, 1.54) is 6.92 Å². The highest BCUT2D eigenvalue weighted by atomic mass is 16.3. The zero-order chi connectivity index (χ0) is 14.3. The normalized spacial score (nSPS) is 11.7. The van der Waals surface area contributed by atoms with Crippen molar-refractivity contribution in [1.29, 1.82) is 0 Å². The summed E-state index contributed by atoms with van der Waals surface area (Å²) in [5.41, 5.74) is 1.13. The van der Waals surface area contributed by atoms with Gasteiger partial charge in [-0.3, -0.25) is 4.79 Å². The number of benzene rings is 1. The van der Waals surface area contributed by atoms with Crippen molar-refractivity contribution >= 4 is 17.5 Å². The molecule has 104 valence electrons. The fraction of sp³-hybridized carbons (Fsp3) is 0.429. The summed E-state index contributed by atoms with van der Waals surface area (Å²) < 4.78 is 0. The average molecular weight is 264 g/mol. The molecule has 0 heterocycles. The molecule has 0 aliphatic heterocycles. The van der Waals surface area contributed by atoms with Crippen molar-refractivity contribution in [1.82, 2.24) is 5.32 Å². The number of amides is 2. The first kappa shape index (κ1) is 15.2. The minimum atomic E-state index is -0.388. The Morgan fingerprint density at radius 2 is 2.11 bits per heavy atom. The highest BCUT2D eigenvalue weighted by Crippen LogP contribution is 2.10. The van der Waals surface area contributed by atoms with Crippen LogP contribution in [-0.2, 0) is 0 Å². The van der Waals surface area contributed by atoms with Crippen molar-refractivity contribution in [3.63, 3.8) is 0 Å². The number of carbonyl (C=O) groups is 2. The molecule has 0 saturated carbocycles.